The van der Waals surface area contributed by atoms with Gasteiger partial charge in [0.05, 0.1) is 10.6 Å². The highest BCUT2D eigenvalue weighted by molar-refractivity contribution is 7.07. The molecule has 0 aliphatic heterocycles. The van der Waals surface area contributed by atoms with Gasteiger partial charge in [-0.2, -0.15) is 0 Å². The molecule has 1 atom stereocenters. The van der Waals surface area contributed by atoms with Gasteiger partial charge < -0.3 is 4.57 Å². The zero-order valence-electron chi connectivity index (χ0n) is 17.4. The first-order chi connectivity index (χ1) is 14.4. The summed E-state index contributed by atoms with van der Waals surface area (Å²) in [5, 5.41) is 13.4. The predicted molar refractivity (Wildman–Crippen MR) is 119 cm³/mol. The summed E-state index contributed by atoms with van der Waals surface area (Å²) >= 11 is 1.44. The first kappa shape index (κ1) is 21.9. The van der Waals surface area contributed by atoms with Crippen LogP contribution in [0.1, 0.15) is 46.1 Å². The van der Waals surface area contributed by atoms with Gasteiger partial charge in [0.1, 0.15) is 11.5 Å². The standard InChI is InChI=1S/C23H26FN3O2S/c1-16(2)7-6-8-17(3)26-22(18-11-13-19(24)14-12-18)15-30-23(26)25-20-9-4-5-10-21(20)27(28)29/h4-5,9-17H,6-8H2,1-3H3. The zero-order valence-corrected chi connectivity index (χ0v) is 18.2. The Kier molecular flexibility index (Phi) is 7.15. The summed E-state index contributed by atoms with van der Waals surface area (Å²) in [6, 6.07) is 13.0. The summed E-state index contributed by atoms with van der Waals surface area (Å²) in [6.45, 7) is 6.56. The van der Waals surface area contributed by atoms with E-state index in [9.17, 15) is 14.5 Å². The van der Waals surface area contributed by atoms with Gasteiger partial charge in [-0.05, 0) is 55.2 Å². The van der Waals surface area contributed by atoms with E-state index in [1.54, 1.807) is 30.3 Å². The normalized spacial score (nSPS) is 13.0. The number of benzene rings is 2. The molecule has 0 radical (unpaired) electrons. The van der Waals surface area contributed by atoms with E-state index in [-0.39, 0.29) is 17.5 Å². The molecule has 2 aromatic carbocycles. The maximum atomic E-state index is 13.4. The van der Waals surface area contributed by atoms with Crippen molar-refractivity contribution in [3.05, 3.63) is 74.6 Å². The molecule has 0 fully saturated rings. The highest BCUT2D eigenvalue weighted by atomic mass is 32.1. The molecule has 1 unspecified atom stereocenters. The van der Waals surface area contributed by atoms with Gasteiger partial charge in [0.25, 0.3) is 5.69 Å². The fraction of sp³-hybridized carbons (Fsp3) is 0.348. The number of halogens is 1. The van der Waals surface area contributed by atoms with Crippen LogP contribution in [0.3, 0.4) is 0 Å². The lowest BCUT2D eigenvalue weighted by Crippen LogP contribution is -2.20. The molecule has 0 N–H and O–H groups in total. The van der Waals surface area contributed by atoms with E-state index < -0.39 is 4.92 Å². The number of nitro benzene ring substituents is 1. The van der Waals surface area contributed by atoms with Crippen molar-refractivity contribution in [3.63, 3.8) is 0 Å². The average Bonchev–Trinajstić information content (AvgIpc) is 3.12. The summed E-state index contributed by atoms with van der Waals surface area (Å²) in [5.41, 5.74) is 2.15. The van der Waals surface area contributed by atoms with Gasteiger partial charge in [0.15, 0.2) is 4.80 Å². The van der Waals surface area contributed by atoms with E-state index >= 15 is 0 Å². The molecular formula is C23H26FN3O2S. The van der Waals surface area contributed by atoms with Gasteiger partial charge in [0, 0.05) is 17.5 Å². The monoisotopic (exact) mass is 427 g/mol. The Hall–Kier alpha value is -2.80. The molecule has 7 heteroatoms. The van der Waals surface area contributed by atoms with Crippen LogP contribution in [0.25, 0.3) is 11.3 Å². The fourth-order valence-corrected chi connectivity index (χ4v) is 4.44. The largest absolute Gasteiger partial charge is 0.314 e. The van der Waals surface area contributed by atoms with Crippen molar-refractivity contribution in [3.8, 4) is 11.3 Å². The summed E-state index contributed by atoms with van der Waals surface area (Å²) < 4.78 is 15.5. The minimum absolute atomic E-state index is 0.0201. The summed E-state index contributed by atoms with van der Waals surface area (Å²) in [4.78, 5) is 16.3. The lowest BCUT2D eigenvalue weighted by molar-refractivity contribution is -0.384. The van der Waals surface area contributed by atoms with Gasteiger partial charge in [0.2, 0.25) is 0 Å². The number of aromatic nitrogens is 1. The van der Waals surface area contributed by atoms with Crippen molar-refractivity contribution in [2.45, 2.75) is 46.1 Å². The van der Waals surface area contributed by atoms with E-state index in [1.165, 1.54) is 29.5 Å². The van der Waals surface area contributed by atoms with Crippen LogP contribution in [0.2, 0.25) is 0 Å². The van der Waals surface area contributed by atoms with Crippen molar-refractivity contribution < 1.29 is 9.31 Å². The summed E-state index contributed by atoms with van der Waals surface area (Å²) in [7, 11) is 0. The predicted octanol–water partition coefficient (Wildman–Crippen LogP) is 6.88. The van der Waals surface area contributed by atoms with Crippen molar-refractivity contribution in [1.82, 2.24) is 4.57 Å². The Morgan fingerprint density at radius 1 is 1.10 bits per heavy atom. The molecule has 30 heavy (non-hydrogen) atoms. The first-order valence-electron chi connectivity index (χ1n) is 10.1. The van der Waals surface area contributed by atoms with Gasteiger partial charge in [-0.25, -0.2) is 9.38 Å². The molecule has 1 heterocycles. The number of nitro groups is 1. The number of hydrogen-bond acceptors (Lipinski definition) is 4. The van der Waals surface area contributed by atoms with E-state index in [0.29, 0.717) is 16.4 Å². The van der Waals surface area contributed by atoms with Crippen LogP contribution in [0.15, 0.2) is 58.9 Å². The molecule has 3 aromatic rings. The SMILES string of the molecule is CC(C)CCCC(C)n1c(-c2ccc(F)cc2)csc1=Nc1ccccc1[N+](=O)[O-]. The maximum absolute atomic E-state index is 13.4. The number of rotatable bonds is 8. The van der Waals surface area contributed by atoms with Crippen molar-refractivity contribution >= 4 is 22.7 Å². The molecule has 5 nitrogen and oxygen atoms in total. The lowest BCUT2D eigenvalue weighted by atomic mass is 10.0. The quantitative estimate of drug-likeness (QED) is 0.290. The Balaban J connectivity index is 2.09. The number of thiazole rings is 1. The lowest BCUT2D eigenvalue weighted by Gasteiger charge is -2.18. The van der Waals surface area contributed by atoms with Crippen LogP contribution in [-0.2, 0) is 0 Å². The van der Waals surface area contributed by atoms with Gasteiger partial charge in [-0.15, -0.1) is 11.3 Å². The Labute approximate surface area is 179 Å². The number of nitrogens with zero attached hydrogens (tertiary/aromatic N) is 3. The zero-order chi connectivity index (χ0) is 21.7. The van der Waals surface area contributed by atoms with Crippen molar-refractivity contribution in [1.29, 1.82) is 0 Å². The second kappa shape index (κ2) is 9.80. The van der Waals surface area contributed by atoms with Gasteiger partial charge in [-0.3, -0.25) is 10.1 Å². The Morgan fingerprint density at radius 2 is 1.80 bits per heavy atom. The van der Waals surface area contributed by atoms with Crippen molar-refractivity contribution in [2.75, 3.05) is 0 Å². The molecule has 3 rings (SSSR count). The molecule has 0 bridgehead atoms. The maximum Gasteiger partial charge on any atom is 0.294 e. The minimum Gasteiger partial charge on any atom is -0.314 e. The Bertz CT molecular complexity index is 1070. The second-order valence-electron chi connectivity index (χ2n) is 7.81. The minimum atomic E-state index is -0.413. The molecule has 158 valence electrons. The van der Waals surface area contributed by atoms with E-state index in [4.69, 9.17) is 0 Å². The molecule has 1 aromatic heterocycles. The Morgan fingerprint density at radius 3 is 2.47 bits per heavy atom. The highest BCUT2D eigenvalue weighted by Crippen LogP contribution is 2.29. The third-order valence-electron chi connectivity index (χ3n) is 5.02. The number of hydrogen-bond donors (Lipinski definition) is 0. The molecule has 0 saturated heterocycles. The molecular weight excluding hydrogens is 401 g/mol. The van der Waals surface area contributed by atoms with Crippen molar-refractivity contribution in [2.24, 2.45) is 10.9 Å². The molecule has 0 saturated carbocycles. The van der Waals surface area contributed by atoms with Crippen LogP contribution in [0.5, 0.6) is 0 Å². The van der Waals surface area contributed by atoms with E-state index in [2.05, 4.69) is 30.3 Å². The topological polar surface area (TPSA) is 60.4 Å². The van der Waals surface area contributed by atoms with E-state index in [1.807, 2.05) is 5.38 Å². The summed E-state index contributed by atoms with van der Waals surface area (Å²) in [6.07, 6.45) is 3.18. The third kappa shape index (κ3) is 5.21. The molecule has 0 spiro atoms. The average molecular weight is 428 g/mol. The second-order valence-corrected chi connectivity index (χ2v) is 8.65. The molecule has 0 aliphatic carbocycles. The van der Waals surface area contributed by atoms with Crippen LogP contribution < -0.4 is 4.80 Å². The van der Waals surface area contributed by atoms with Crippen LogP contribution in [0, 0.1) is 21.8 Å². The van der Waals surface area contributed by atoms with Crippen LogP contribution in [0.4, 0.5) is 15.8 Å². The number of para-hydroxylation sites is 2. The molecule has 0 aliphatic rings. The highest BCUT2D eigenvalue weighted by Gasteiger charge is 2.17. The first-order valence-corrected chi connectivity index (χ1v) is 11.0. The van der Waals surface area contributed by atoms with Gasteiger partial charge in [-0.1, -0.05) is 38.8 Å². The van der Waals surface area contributed by atoms with Gasteiger partial charge >= 0.3 is 0 Å². The third-order valence-corrected chi connectivity index (χ3v) is 5.86. The van der Waals surface area contributed by atoms with E-state index in [0.717, 1.165) is 30.5 Å². The van der Waals surface area contributed by atoms with Crippen LogP contribution in [-0.4, -0.2) is 9.49 Å². The van der Waals surface area contributed by atoms with Crippen LogP contribution >= 0.6 is 11.3 Å². The molecule has 0 amide bonds. The summed E-state index contributed by atoms with van der Waals surface area (Å²) in [5.74, 6) is 0.354. The fourth-order valence-electron chi connectivity index (χ4n) is 3.43. The smallest absolute Gasteiger partial charge is 0.294 e.